The molecular formula is C22H18ClN3O2S. The summed E-state index contributed by atoms with van der Waals surface area (Å²) in [6.45, 7) is 1.81. The zero-order valence-corrected chi connectivity index (χ0v) is 17.3. The number of carbonyl (C=O) groups excluding carboxylic acids is 1. The summed E-state index contributed by atoms with van der Waals surface area (Å²) in [5, 5.41) is 4.12. The van der Waals surface area contributed by atoms with Gasteiger partial charge in [0.25, 0.3) is 0 Å². The van der Waals surface area contributed by atoms with Crippen LogP contribution >= 0.6 is 22.9 Å². The van der Waals surface area contributed by atoms with E-state index in [-0.39, 0.29) is 12.3 Å². The summed E-state index contributed by atoms with van der Waals surface area (Å²) in [7, 11) is 0. The molecular weight excluding hydrogens is 406 g/mol. The summed E-state index contributed by atoms with van der Waals surface area (Å²) in [6, 6.07) is 17.3. The molecule has 4 rings (SSSR count). The summed E-state index contributed by atoms with van der Waals surface area (Å²) in [5.41, 5.74) is 2.53. The number of aromatic nitrogens is 2. The number of oxazole rings is 1. The van der Waals surface area contributed by atoms with Crippen molar-refractivity contribution in [2.45, 2.75) is 19.8 Å². The maximum Gasteiger partial charge on any atom is 0.232 e. The van der Waals surface area contributed by atoms with Gasteiger partial charge in [0.15, 0.2) is 5.13 Å². The smallest absolute Gasteiger partial charge is 0.232 e. The van der Waals surface area contributed by atoms with Crippen LogP contribution in [-0.2, 0) is 17.6 Å². The molecule has 0 atom stereocenters. The normalized spacial score (nSPS) is 10.8. The van der Waals surface area contributed by atoms with E-state index in [4.69, 9.17) is 16.0 Å². The van der Waals surface area contributed by atoms with Gasteiger partial charge in [-0.2, -0.15) is 0 Å². The average Bonchev–Trinajstić information content (AvgIpc) is 3.31. The van der Waals surface area contributed by atoms with Gasteiger partial charge >= 0.3 is 0 Å². The molecule has 1 amide bonds. The van der Waals surface area contributed by atoms with Crippen LogP contribution in [0.5, 0.6) is 0 Å². The largest absolute Gasteiger partial charge is 0.441 e. The van der Waals surface area contributed by atoms with Crippen molar-refractivity contribution in [2.75, 3.05) is 5.32 Å². The van der Waals surface area contributed by atoms with E-state index < -0.39 is 0 Å². The van der Waals surface area contributed by atoms with Crippen LogP contribution in [0.1, 0.15) is 21.9 Å². The van der Waals surface area contributed by atoms with Crippen molar-refractivity contribution in [1.29, 1.82) is 0 Å². The highest BCUT2D eigenvalue weighted by atomic mass is 35.5. The fourth-order valence-corrected chi connectivity index (χ4v) is 3.94. The molecule has 0 saturated heterocycles. The number of carbonyl (C=O) groups is 1. The predicted molar refractivity (Wildman–Crippen MR) is 115 cm³/mol. The molecule has 2 heterocycles. The van der Waals surface area contributed by atoms with Crippen LogP contribution < -0.4 is 5.32 Å². The molecule has 146 valence electrons. The zero-order valence-electron chi connectivity index (χ0n) is 15.7. The molecule has 5 nitrogen and oxygen atoms in total. The minimum atomic E-state index is -0.181. The Morgan fingerprint density at radius 3 is 2.69 bits per heavy atom. The number of rotatable bonds is 6. The van der Waals surface area contributed by atoms with E-state index in [1.165, 1.54) is 11.3 Å². The van der Waals surface area contributed by atoms with Crippen molar-refractivity contribution >= 4 is 34.0 Å². The first-order valence-electron chi connectivity index (χ1n) is 9.08. The topological polar surface area (TPSA) is 68.0 Å². The molecule has 0 radical (unpaired) electrons. The number of benzene rings is 2. The van der Waals surface area contributed by atoms with Gasteiger partial charge in [-0.25, -0.2) is 9.97 Å². The molecule has 1 N–H and O–H groups in total. The second kappa shape index (κ2) is 8.59. The number of thiazole rings is 1. The van der Waals surface area contributed by atoms with Gasteiger partial charge in [0.2, 0.25) is 11.8 Å². The van der Waals surface area contributed by atoms with Gasteiger partial charge in [0.05, 0.1) is 12.1 Å². The zero-order chi connectivity index (χ0) is 20.2. The van der Waals surface area contributed by atoms with Crippen LogP contribution in [0, 0.1) is 6.92 Å². The summed E-state index contributed by atoms with van der Waals surface area (Å²) in [5.74, 6) is 0.972. The molecule has 0 aliphatic rings. The Bertz CT molecular complexity index is 1140. The number of nitrogens with zero attached hydrogens (tertiary/aromatic N) is 2. The molecule has 7 heteroatoms. The number of nitrogens with one attached hydrogen (secondary N) is 1. The van der Waals surface area contributed by atoms with E-state index in [1.54, 1.807) is 6.20 Å². The molecule has 0 spiro atoms. The summed E-state index contributed by atoms with van der Waals surface area (Å²) >= 11 is 7.65. The minimum Gasteiger partial charge on any atom is -0.441 e. The second-order valence-corrected chi connectivity index (χ2v) is 8.04. The fraction of sp³-hybridized carbons (Fsp3) is 0.136. The Morgan fingerprint density at radius 1 is 1.14 bits per heavy atom. The van der Waals surface area contributed by atoms with Gasteiger partial charge < -0.3 is 9.73 Å². The lowest BCUT2D eigenvalue weighted by molar-refractivity contribution is -0.115. The van der Waals surface area contributed by atoms with Gasteiger partial charge in [-0.15, -0.1) is 11.3 Å². The molecule has 0 bridgehead atoms. The molecule has 4 aromatic rings. The molecule has 0 aliphatic heterocycles. The van der Waals surface area contributed by atoms with Gasteiger partial charge in [-0.1, -0.05) is 48.0 Å². The Morgan fingerprint density at radius 2 is 1.90 bits per heavy atom. The average molecular weight is 424 g/mol. The maximum atomic E-state index is 12.5. The molecule has 29 heavy (non-hydrogen) atoms. The van der Waals surface area contributed by atoms with E-state index in [1.807, 2.05) is 61.5 Å². The maximum absolute atomic E-state index is 12.5. The third kappa shape index (κ3) is 4.72. The highest BCUT2D eigenvalue weighted by molar-refractivity contribution is 7.15. The Labute approximate surface area is 177 Å². The number of hydrogen-bond donors (Lipinski definition) is 1. The second-order valence-electron chi connectivity index (χ2n) is 6.51. The van der Waals surface area contributed by atoms with Gasteiger partial charge in [0.1, 0.15) is 5.76 Å². The Balaban J connectivity index is 1.40. The first-order chi connectivity index (χ1) is 14.1. The summed E-state index contributed by atoms with van der Waals surface area (Å²) in [4.78, 5) is 22.3. The number of hydrogen-bond acceptors (Lipinski definition) is 5. The highest BCUT2D eigenvalue weighted by Crippen LogP contribution is 2.25. The van der Waals surface area contributed by atoms with Gasteiger partial charge in [0, 0.05) is 28.1 Å². The third-order valence-corrected chi connectivity index (χ3v) is 5.65. The Hall–Kier alpha value is -2.96. The van der Waals surface area contributed by atoms with Crippen molar-refractivity contribution < 1.29 is 9.21 Å². The van der Waals surface area contributed by atoms with Crippen molar-refractivity contribution in [1.82, 2.24) is 9.97 Å². The first kappa shape index (κ1) is 19.4. The minimum absolute atomic E-state index is 0.127. The quantitative estimate of drug-likeness (QED) is 0.442. The standard InChI is InChI=1S/C22H18ClN3O2S/c1-14-19(25-21(28-14)15-7-3-2-4-8-15)12-20(27)26-22-24-13-17(29-22)11-16-9-5-6-10-18(16)23/h2-10,13H,11-12H2,1H3,(H,24,26,27). The van der Waals surface area contributed by atoms with E-state index in [0.29, 0.717) is 28.9 Å². The Kier molecular flexibility index (Phi) is 5.74. The number of halogens is 1. The number of amides is 1. The monoisotopic (exact) mass is 423 g/mol. The lowest BCUT2D eigenvalue weighted by atomic mass is 10.1. The van der Waals surface area contributed by atoms with Crippen molar-refractivity contribution in [3.05, 3.63) is 87.7 Å². The number of anilines is 1. The van der Waals surface area contributed by atoms with Gasteiger partial charge in [-0.05, 0) is 30.7 Å². The van der Waals surface area contributed by atoms with Crippen LogP contribution in [0.2, 0.25) is 5.02 Å². The van der Waals surface area contributed by atoms with Crippen molar-refractivity contribution in [2.24, 2.45) is 0 Å². The fourth-order valence-electron chi connectivity index (χ4n) is 2.89. The molecule has 0 saturated carbocycles. The molecule has 2 aromatic carbocycles. The van der Waals surface area contributed by atoms with Crippen LogP contribution in [0.15, 0.2) is 65.2 Å². The van der Waals surface area contributed by atoms with Crippen molar-refractivity contribution in [3.8, 4) is 11.5 Å². The lowest BCUT2D eigenvalue weighted by Crippen LogP contribution is -2.14. The third-order valence-electron chi connectivity index (χ3n) is 4.36. The van der Waals surface area contributed by atoms with E-state index in [2.05, 4.69) is 15.3 Å². The van der Waals surface area contributed by atoms with Gasteiger partial charge in [-0.3, -0.25) is 4.79 Å². The molecule has 0 unspecified atom stereocenters. The SMILES string of the molecule is Cc1oc(-c2ccccc2)nc1CC(=O)Nc1ncc(Cc2ccccc2Cl)s1. The molecule has 2 aromatic heterocycles. The molecule has 0 aliphatic carbocycles. The van der Waals surface area contributed by atoms with Crippen molar-refractivity contribution in [3.63, 3.8) is 0 Å². The van der Waals surface area contributed by atoms with Crippen LogP contribution in [0.4, 0.5) is 5.13 Å². The summed E-state index contributed by atoms with van der Waals surface area (Å²) in [6.07, 6.45) is 2.57. The summed E-state index contributed by atoms with van der Waals surface area (Å²) < 4.78 is 5.72. The van der Waals surface area contributed by atoms with E-state index in [9.17, 15) is 4.79 Å². The van der Waals surface area contributed by atoms with Crippen LogP contribution in [0.25, 0.3) is 11.5 Å². The van der Waals surface area contributed by atoms with E-state index >= 15 is 0 Å². The lowest BCUT2D eigenvalue weighted by Gasteiger charge is -2.01. The predicted octanol–water partition coefficient (Wildman–Crippen LogP) is 5.53. The van der Waals surface area contributed by atoms with Crippen LogP contribution in [-0.4, -0.2) is 15.9 Å². The highest BCUT2D eigenvalue weighted by Gasteiger charge is 2.16. The van der Waals surface area contributed by atoms with E-state index in [0.717, 1.165) is 21.0 Å². The van der Waals surface area contributed by atoms with Crippen LogP contribution in [0.3, 0.4) is 0 Å². The first-order valence-corrected chi connectivity index (χ1v) is 10.3. The molecule has 0 fully saturated rings. The number of aryl methyl sites for hydroxylation is 1.